The molecule has 0 radical (unpaired) electrons. The Hall–Kier alpha value is -3.24. The number of amides is 1. The Balaban J connectivity index is 2.28. The first-order valence-corrected chi connectivity index (χ1v) is 9.63. The van der Waals surface area contributed by atoms with Crippen LogP contribution in [0.15, 0.2) is 42.0 Å². The van der Waals surface area contributed by atoms with Gasteiger partial charge in [-0.1, -0.05) is 6.07 Å². The first kappa shape index (κ1) is 22.1. The van der Waals surface area contributed by atoms with Gasteiger partial charge in [-0.25, -0.2) is 0 Å². The normalized spacial score (nSPS) is 10.4. The molecule has 2 rings (SSSR count). The van der Waals surface area contributed by atoms with Gasteiger partial charge in [-0.3, -0.25) is 4.79 Å². The van der Waals surface area contributed by atoms with E-state index in [2.05, 4.69) is 5.32 Å². The molecule has 0 bridgehead atoms. The van der Waals surface area contributed by atoms with Crippen molar-refractivity contribution in [1.29, 1.82) is 10.5 Å². The molecule has 0 saturated carbocycles. The van der Waals surface area contributed by atoms with E-state index in [0.717, 1.165) is 0 Å². The summed E-state index contributed by atoms with van der Waals surface area (Å²) in [6, 6.07) is 14.1. The van der Waals surface area contributed by atoms with E-state index in [1.54, 1.807) is 36.4 Å². The van der Waals surface area contributed by atoms with Gasteiger partial charge in [0.05, 0.1) is 17.3 Å². The Kier molecular flexibility index (Phi) is 8.31. The van der Waals surface area contributed by atoms with Gasteiger partial charge in [0.15, 0.2) is 18.1 Å². The van der Waals surface area contributed by atoms with Crippen molar-refractivity contribution in [2.75, 3.05) is 25.6 Å². The molecule has 0 unspecified atom stereocenters. The second-order valence-electron chi connectivity index (χ2n) is 5.57. The molecule has 2 aromatic rings. The third-order valence-corrected chi connectivity index (χ3v) is 4.41. The average molecular weight is 503 g/mol. The van der Waals surface area contributed by atoms with Gasteiger partial charge in [0.1, 0.15) is 23.5 Å². The van der Waals surface area contributed by atoms with Crippen LogP contribution in [0.3, 0.4) is 0 Å². The summed E-state index contributed by atoms with van der Waals surface area (Å²) in [5, 5.41) is 20.8. The molecule has 0 aliphatic carbocycles. The van der Waals surface area contributed by atoms with Crippen LogP contribution in [0.5, 0.6) is 17.2 Å². The summed E-state index contributed by atoms with van der Waals surface area (Å²) < 4.78 is 16.8. The topological polar surface area (TPSA) is 104 Å². The first-order valence-electron chi connectivity index (χ1n) is 8.55. The fourth-order valence-electron chi connectivity index (χ4n) is 2.41. The van der Waals surface area contributed by atoms with Crippen LogP contribution in [0.2, 0.25) is 0 Å². The van der Waals surface area contributed by atoms with E-state index in [1.807, 2.05) is 41.7 Å². The number of nitrogens with one attached hydrogen (secondary N) is 1. The SMILES string of the molecule is CCOc1cccc(NC(=O)/C(C#N)=C\c2cc(I)c(OCC#N)c(OC)c2)c1. The molecule has 29 heavy (non-hydrogen) atoms. The van der Waals surface area contributed by atoms with E-state index in [1.165, 1.54) is 13.2 Å². The van der Waals surface area contributed by atoms with Crippen LogP contribution >= 0.6 is 22.6 Å². The summed E-state index contributed by atoms with van der Waals surface area (Å²) in [5.74, 6) is 0.919. The highest BCUT2D eigenvalue weighted by Crippen LogP contribution is 2.34. The molecule has 1 amide bonds. The van der Waals surface area contributed by atoms with Crippen LogP contribution in [-0.2, 0) is 4.79 Å². The van der Waals surface area contributed by atoms with Crippen molar-refractivity contribution in [2.45, 2.75) is 6.92 Å². The summed E-state index contributed by atoms with van der Waals surface area (Å²) in [5.41, 5.74) is 1.04. The van der Waals surface area contributed by atoms with E-state index in [9.17, 15) is 10.1 Å². The molecule has 1 N–H and O–H groups in total. The summed E-state index contributed by atoms with van der Waals surface area (Å²) in [6.45, 7) is 2.26. The lowest BCUT2D eigenvalue weighted by Crippen LogP contribution is -2.13. The number of methoxy groups -OCH3 is 1. The zero-order valence-electron chi connectivity index (χ0n) is 15.9. The molecule has 2 aromatic carbocycles. The Morgan fingerprint density at radius 2 is 2.03 bits per heavy atom. The number of nitrogens with zero attached hydrogens (tertiary/aromatic N) is 2. The number of rotatable bonds is 8. The van der Waals surface area contributed by atoms with Crippen LogP contribution in [0.1, 0.15) is 12.5 Å². The Morgan fingerprint density at radius 1 is 1.24 bits per heavy atom. The van der Waals surface area contributed by atoms with E-state index < -0.39 is 5.91 Å². The van der Waals surface area contributed by atoms with E-state index in [4.69, 9.17) is 19.5 Å². The molecule has 8 heteroatoms. The highest BCUT2D eigenvalue weighted by atomic mass is 127. The van der Waals surface area contributed by atoms with E-state index in [0.29, 0.717) is 38.7 Å². The lowest BCUT2D eigenvalue weighted by Gasteiger charge is -2.12. The number of benzene rings is 2. The smallest absolute Gasteiger partial charge is 0.266 e. The molecule has 7 nitrogen and oxygen atoms in total. The minimum Gasteiger partial charge on any atom is -0.494 e. The third-order valence-electron chi connectivity index (χ3n) is 3.61. The third kappa shape index (κ3) is 6.13. The quantitative estimate of drug-likeness (QED) is 0.330. The number of hydrogen-bond donors (Lipinski definition) is 1. The summed E-state index contributed by atoms with van der Waals surface area (Å²) >= 11 is 2.04. The minimum absolute atomic E-state index is 0.0737. The highest BCUT2D eigenvalue weighted by molar-refractivity contribution is 14.1. The van der Waals surface area contributed by atoms with Crippen molar-refractivity contribution < 1.29 is 19.0 Å². The van der Waals surface area contributed by atoms with Gasteiger partial charge in [0, 0.05) is 11.8 Å². The molecule has 148 valence electrons. The van der Waals surface area contributed by atoms with Crippen LogP contribution in [0.25, 0.3) is 6.08 Å². The van der Waals surface area contributed by atoms with Crippen molar-refractivity contribution in [1.82, 2.24) is 0 Å². The Morgan fingerprint density at radius 3 is 2.69 bits per heavy atom. The molecule has 0 spiro atoms. The lowest BCUT2D eigenvalue weighted by atomic mass is 10.1. The maximum atomic E-state index is 12.5. The predicted molar refractivity (Wildman–Crippen MR) is 117 cm³/mol. The lowest BCUT2D eigenvalue weighted by molar-refractivity contribution is -0.112. The number of carbonyl (C=O) groups is 1. The van der Waals surface area contributed by atoms with Crippen molar-refractivity contribution in [3.63, 3.8) is 0 Å². The largest absolute Gasteiger partial charge is 0.494 e. The monoisotopic (exact) mass is 503 g/mol. The van der Waals surface area contributed by atoms with Crippen molar-refractivity contribution in [3.8, 4) is 29.4 Å². The molecular formula is C21H18IN3O4. The van der Waals surface area contributed by atoms with Gasteiger partial charge in [0.2, 0.25) is 0 Å². The average Bonchev–Trinajstić information content (AvgIpc) is 2.71. The molecule has 0 aromatic heterocycles. The summed E-state index contributed by atoms with van der Waals surface area (Å²) in [4.78, 5) is 12.5. The van der Waals surface area contributed by atoms with Crippen LogP contribution < -0.4 is 19.5 Å². The molecule has 0 aliphatic rings. The molecule has 0 aliphatic heterocycles. The van der Waals surface area contributed by atoms with Crippen LogP contribution in [0, 0.1) is 26.2 Å². The zero-order valence-corrected chi connectivity index (χ0v) is 18.0. The van der Waals surface area contributed by atoms with Gasteiger partial charge < -0.3 is 19.5 Å². The van der Waals surface area contributed by atoms with E-state index in [-0.39, 0.29) is 12.2 Å². The number of halogens is 1. The van der Waals surface area contributed by atoms with Crippen molar-refractivity contribution in [3.05, 3.63) is 51.1 Å². The van der Waals surface area contributed by atoms with Gasteiger partial charge in [-0.15, -0.1) is 0 Å². The highest BCUT2D eigenvalue weighted by Gasteiger charge is 2.14. The second kappa shape index (κ2) is 10.9. The van der Waals surface area contributed by atoms with E-state index >= 15 is 0 Å². The molecular weight excluding hydrogens is 485 g/mol. The van der Waals surface area contributed by atoms with Gasteiger partial charge in [-0.2, -0.15) is 10.5 Å². The summed E-state index contributed by atoms with van der Waals surface area (Å²) in [6.07, 6.45) is 1.46. The fourth-order valence-corrected chi connectivity index (χ4v) is 3.19. The maximum absolute atomic E-state index is 12.5. The minimum atomic E-state index is -0.542. The zero-order chi connectivity index (χ0) is 21.2. The number of nitriles is 2. The molecule has 0 atom stereocenters. The summed E-state index contributed by atoms with van der Waals surface area (Å²) in [7, 11) is 1.47. The second-order valence-corrected chi connectivity index (χ2v) is 6.73. The maximum Gasteiger partial charge on any atom is 0.266 e. The van der Waals surface area contributed by atoms with Gasteiger partial charge in [0.25, 0.3) is 5.91 Å². The number of anilines is 1. The fraction of sp³-hybridized carbons (Fsp3) is 0.190. The number of hydrogen-bond acceptors (Lipinski definition) is 6. The van der Waals surface area contributed by atoms with Crippen molar-refractivity contribution in [2.24, 2.45) is 0 Å². The molecule has 0 saturated heterocycles. The van der Waals surface area contributed by atoms with Gasteiger partial charge >= 0.3 is 0 Å². The molecule has 0 fully saturated rings. The van der Waals surface area contributed by atoms with Crippen LogP contribution in [-0.4, -0.2) is 26.2 Å². The van der Waals surface area contributed by atoms with Gasteiger partial charge in [-0.05, 0) is 65.4 Å². The van der Waals surface area contributed by atoms with Crippen molar-refractivity contribution >= 4 is 40.3 Å². The van der Waals surface area contributed by atoms with Crippen LogP contribution in [0.4, 0.5) is 5.69 Å². The standard InChI is InChI=1S/C21H18IN3O4/c1-3-28-17-6-4-5-16(12-17)25-21(26)15(13-24)9-14-10-18(22)20(29-8-7-23)19(11-14)27-2/h4-6,9-12H,3,8H2,1-2H3,(H,25,26)/b15-9-. The Bertz CT molecular complexity index is 1010. The molecule has 0 heterocycles. The number of ether oxygens (including phenoxy) is 3. The number of carbonyl (C=O) groups excluding carboxylic acids is 1. The predicted octanol–water partition coefficient (Wildman–Crippen LogP) is 4.15. The Labute approximate surface area is 182 Å². The first-order chi connectivity index (χ1) is 14.0.